The van der Waals surface area contributed by atoms with Gasteiger partial charge in [-0.3, -0.25) is 9.69 Å². The van der Waals surface area contributed by atoms with Crippen LogP contribution in [0.15, 0.2) is 18.2 Å². The molecule has 3 rings (SSSR count). The second-order valence-electron chi connectivity index (χ2n) is 5.85. The molecule has 0 N–H and O–H groups in total. The average Bonchev–Trinajstić information content (AvgIpc) is 2.89. The molecule has 1 aromatic rings. The molecule has 0 amide bonds. The molecule has 0 spiro atoms. The molecule has 0 aromatic heterocycles. The van der Waals surface area contributed by atoms with Crippen molar-refractivity contribution in [3.8, 4) is 0 Å². The van der Waals surface area contributed by atoms with Gasteiger partial charge in [-0.05, 0) is 43.5 Å². The first-order valence-corrected chi connectivity index (χ1v) is 7.64. The summed E-state index contributed by atoms with van der Waals surface area (Å²) >= 11 is 6.20. The molecule has 108 valence electrons. The molecule has 2 unspecified atom stereocenters. The second-order valence-corrected chi connectivity index (χ2v) is 6.26. The highest BCUT2D eigenvalue weighted by Crippen LogP contribution is 2.24. The van der Waals surface area contributed by atoms with E-state index in [0.717, 1.165) is 24.2 Å². The number of Topliss-reactive ketones (excluding diaryl/α,β-unsaturated/α-hetero) is 1. The largest absolute Gasteiger partial charge is 0.367 e. The summed E-state index contributed by atoms with van der Waals surface area (Å²) in [5.41, 5.74) is 2.01. The zero-order valence-corrected chi connectivity index (χ0v) is 12.5. The molecule has 2 saturated heterocycles. The Bertz CT molecular complexity index is 517. The Morgan fingerprint density at radius 3 is 3.15 bits per heavy atom. The maximum atomic E-state index is 12.4. The van der Waals surface area contributed by atoms with Gasteiger partial charge in [0, 0.05) is 24.0 Å². The van der Waals surface area contributed by atoms with E-state index < -0.39 is 0 Å². The molecule has 0 radical (unpaired) electrons. The second kappa shape index (κ2) is 5.84. The Morgan fingerprint density at radius 1 is 1.50 bits per heavy atom. The Hall–Kier alpha value is -0.900. The zero-order valence-electron chi connectivity index (χ0n) is 11.8. The first-order chi connectivity index (χ1) is 9.63. The van der Waals surface area contributed by atoms with Crippen LogP contribution in [0.5, 0.6) is 0 Å². The van der Waals surface area contributed by atoms with Crippen LogP contribution in [0.25, 0.3) is 0 Å². The van der Waals surface area contributed by atoms with E-state index in [2.05, 4.69) is 4.90 Å². The highest BCUT2D eigenvalue weighted by Gasteiger charge is 2.35. The number of ether oxygens (including phenoxy) is 1. The number of morpholine rings is 1. The van der Waals surface area contributed by atoms with Gasteiger partial charge < -0.3 is 4.74 Å². The number of benzene rings is 1. The number of ketones is 1. The number of halogens is 1. The fourth-order valence-corrected chi connectivity index (χ4v) is 3.41. The van der Waals surface area contributed by atoms with Crippen LogP contribution in [-0.2, 0) is 16.0 Å². The van der Waals surface area contributed by atoms with Gasteiger partial charge >= 0.3 is 0 Å². The molecule has 0 aliphatic carbocycles. The maximum absolute atomic E-state index is 12.4. The topological polar surface area (TPSA) is 29.5 Å². The fraction of sp³-hybridized carbons (Fsp3) is 0.562. The number of carbonyl (C=O) groups excluding carboxylic acids is 1. The highest BCUT2D eigenvalue weighted by atomic mass is 35.5. The van der Waals surface area contributed by atoms with Gasteiger partial charge in [0.2, 0.25) is 0 Å². The third kappa shape index (κ3) is 2.90. The molecule has 2 aliphatic rings. The number of hydrogen-bond acceptors (Lipinski definition) is 3. The van der Waals surface area contributed by atoms with Crippen LogP contribution in [0.3, 0.4) is 0 Å². The van der Waals surface area contributed by atoms with Crippen molar-refractivity contribution in [2.24, 2.45) is 0 Å². The van der Waals surface area contributed by atoms with E-state index in [0.29, 0.717) is 24.1 Å². The third-order valence-corrected chi connectivity index (χ3v) is 4.67. The summed E-state index contributed by atoms with van der Waals surface area (Å²) in [6.07, 6.45) is 2.49. The van der Waals surface area contributed by atoms with Crippen molar-refractivity contribution in [3.05, 3.63) is 34.3 Å². The molecule has 2 heterocycles. The van der Waals surface area contributed by atoms with Crippen LogP contribution >= 0.6 is 11.6 Å². The molecular weight excluding hydrogens is 274 g/mol. The lowest BCUT2D eigenvalue weighted by Crippen LogP contribution is -2.49. The zero-order chi connectivity index (χ0) is 14.1. The van der Waals surface area contributed by atoms with E-state index in [9.17, 15) is 4.79 Å². The molecule has 2 atom stereocenters. The van der Waals surface area contributed by atoms with Crippen molar-refractivity contribution in [2.45, 2.75) is 38.3 Å². The van der Waals surface area contributed by atoms with Crippen LogP contribution in [-0.4, -0.2) is 42.5 Å². The molecule has 3 nitrogen and oxygen atoms in total. The van der Waals surface area contributed by atoms with Gasteiger partial charge in [0.15, 0.2) is 5.78 Å². The van der Waals surface area contributed by atoms with Crippen molar-refractivity contribution in [1.82, 2.24) is 4.90 Å². The summed E-state index contributed by atoms with van der Waals surface area (Å²) in [4.78, 5) is 14.8. The maximum Gasteiger partial charge on any atom is 0.167 e. The van der Waals surface area contributed by atoms with Gasteiger partial charge in [0.25, 0.3) is 0 Å². The van der Waals surface area contributed by atoms with Gasteiger partial charge in [-0.1, -0.05) is 23.7 Å². The fourth-order valence-electron chi connectivity index (χ4n) is 3.11. The summed E-state index contributed by atoms with van der Waals surface area (Å²) in [6.45, 7) is 4.53. The molecule has 0 saturated carbocycles. The molecule has 20 heavy (non-hydrogen) atoms. The van der Waals surface area contributed by atoms with Crippen LogP contribution in [0.4, 0.5) is 0 Å². The number of rotatable bonds is 3. The lowest BCUT2D eigenvalue weighted by atomic mass is 10.0. The van der Waals surface area contributed by atoms with E-state index in [1.54, 1.807) is 0 Å². The van der Waals surface area contributed by atoms with Crippen LogP contribution < -0.4 is 0 Å². The van der Waals surface area contributed by atoms with Gasteiger partial charge in [-0.25, -0.2) is 0 Å². The first-order valence-electron chi connectivity index (χ1n) is 7.27. The average molecular weight is 294 g/mol. The van der Waals surface area contributed by atoms with Gasteiger partial charge in [0.05, 0.1) is 6.61 Å². The number of nitrogens with zero attached hydrogens (tertiary/aromatic N) is 1. The monoisotopic (exact) mass is 293 g/mol. The molecule has 4 heteroatoms. The van der Waals surface area contributed by atoms with Crippen molar-refractivity contribution < 1.29 is 9.53 Å². The third-order valence-electron chi connectivity index (χ3n) is 4.32. The van der Waals surface area contributed by atoms with Crippen LogP contribution in [0.2, 0.25) is 5.02 Å². The van der Waals surface area contributed by atoms with E-state index >= 15 is 0 Å². The summed E-state index contributed by atoms with van der Waals surface area (Å²) < 4.78 is 5.76. The molecule has 0 bridgehead atoms. The Balaban J connectivity index is 1.64. The lowest BCUT2D eigenvalue weighted by molar-refractivity contribution is -0.137. The number of hydrogen-bond donors (Lipinski definition) is 0. The van der Waals surface area contributed by atoms with E-state index in [4.69, 9.17) is 16.3 Å². The minimum Gasteiger partial charge on any atom is -0.367 e. The lowest BCUT2D eigenvalue weighted by Gasteiger charge is -2.34. The highest BCUT2D eigenvalue weighted by molar-refractivity contribution is 6.31. The molecule has 2 fully saturated rings. The predicted molar refractivity (Wildman–Crippen MR) is 79.2 cm³/mol. The molecule has 1 aromatic carbocycles. The molecule has 2 aliphatic heterocycles. The smallest absolute Gasteiger partial charge is 0.167 e. The number of fused-ring (bicyclic) bond motifs is 1. The summed E-state index contributed by atoms with van der Waals surface area (Å²) in [5.74, 6) is 0.140. The SMILES string of the molecule is Cc1ccc(CC(=O)C2CN3CCCC3CO2)c(Cl)c1. The summed E-state index contributed by atoms with van der Waals surface area (Å²) in [5, 5.41) is 0.674. The van der Waals surface area contributed by atoms with Crippen molar-refractivity contribution in [2.75, 3.05) is 19.7 Å². The Morgan fingerprint density at radius 2 is 2.35 bits per heavy atom. The van der Waals surface area contributed by atoms with Gasteiger partial charge in [0.1, 0.15) is 6.10 Å². The van der Waals surface area contributed by atoms with Crippen molar-refractivity contribution in [1.29, 1.82) is 0 Å². The summed E-state index contributed by atoms with van der Waals surface area (Å²) in [6, 6.07) is 6.37. The normalized spacial score (nSPS) is 26.5. The number of carbonyl (C=O) groups is 1. The first kappa shape index (κ1) is 14.1. The minimum atomic E-state index is -0.290. The number of aryl methyl sites for hydroxylation is 1. The predicted octanol–water partition coefficient (Wildman–Crippen LogP) is 2.62. The standard InChI is InChI=1S/C16H20ClNO2/c1-11-4-5-12(14(17)7-11)8-15(19)16-9-18-6-2-3-13(18)10-20-16/h4-5,7,13,16H,2-3,6,8-10H2,1H3. The van der Waals surface area contributed by atoms with E-state index in [1.807, 2.05) is 25.1 Å². The van der Waals surface area contributed by atoms with Crippen molar-refractivity contribution >= 4 is 17.4 Å². The molecular formula is C16H20ClNO2. The van der Waals surface area contributed by atoms with Gasteiger partial charge in [-0.15, -0.1) is 0 Å². The van der Waals surface area contributed by atoms with Crippen LogP contribution in [0, 0.1) is 6.92 Å². The summed E-state index contributed by atoms with van der Waals surface area (Å²) in [7, 11) is 0. The Labute approximate surface area is 124 Å². The van der Waals surface area contributed by atoms with Crippen molar-refractivity contribution in [3.63, 3.8) is 0 Å². The van der Waals surface area contributed by atoms with Crippen LogP contribution in [0.1, 0.15) is 24.0 Å². The van der Waals surface area contributed by atoms with E-state index in [-0.39, 0.29) is 11.9 Å². The van der Waals surface area contributed by atoms with Gasteiger partial charge in [-0.2, -0.15) is 0 Å². The quantitative estimate of drug-likeness (QED) is 0.858. The minimum absolute atomic E-state index is 0.140. The van der Waals surface area contributed by atoms with E-state index in [1.165, 1.54) is 12.8 Å². The Kier molecular flexibility index (Phi) is 4.11.